The number of nitrogens with one attached hydrogen (secondary N) is 1. The molecule has 0 saturated heterocycles. The van der Waals surface area contributed by atoms with Crippen LogP contribution in [0.3, 0.4) is 0 Å². The van der Waals surface area contributed by atoms with Gasteiger partial charge in [-0.2, -0.15) is 0 Å². The van der Waals surface area contributed by atoms with Crippen LogP contribution in [0.2, 0.25) is 0 Å². The van der Waals surface area contributed by atoms with E-state index >= 15 is 0 Å². The molecule has 1 aliphatic rings. The van der Waals surface area contributed by atoms with Crippen molar-refractivity contribution < 1.29 is 9.21 Å². The number of para-hydroxylation sites is 1. The number of hydrogen-bond acceptors (Lipinski definition) is 3. The molecule has 0 bridgehead atoms. The summed E-state index contributed by atoms with van der Waals surface area (Å²) in [6.07, 6.45) is 9.26. The number of amides is 1. The molecule has 25 heavy (non-hydrogen) atoms. The third-order valence-electron chi connectivity index (χ3n) is 5.23. The van der Waals surface area contributed by atoms with Crippen LogP contribution in [0.25, 0.3) is 10.9 Å². The molecule has 1 aromatic carbocycles. The number of aromatic nitrogens is 1. The minimum atomic E-state index is -0.387. The van der Waals surface area contributed by atoms with Gasteiger partial charge in [-0.1, -0.05) is 37.5 Å². The Hall–Kier alpha value is -2.62. The van der Waals surface area contributed by atoms with E-state index < -0.39 is 0 Å². The molecule has 0 radical (unpaired) electrons. The van der Waals surface area contributed by atoms with E-state index in [1.54, 1.807) is 12.5 Å². The lowest BCUT2D eigenvalue weighted by atomic mass is 9.70. The zero-order valence-electron chi connectivity index (χ0n) is 14.2. The summed E-state index contributed by atoms with van der Waals surface area (Å²) < 4.78 is 5.53. The molecule has 4 heteroatoms. The van der Waals surface area contributed by atoms with Crippen LogP contribution in [-0.2, 0) is 11.2 Å². The summed E-state index contributed by atoms with van der Waals surface area (Å²) in [7, 11) is 0. The van der Waals surface area contributed by atoms with Crippen molar-refractivity contribution in [1.82, 2.24) is 4.98 Å². The van der Waals surface area contributed by atoms with E-state index in [0.717, 1.165) is 48.0 Å². The van der Waals surface area contributed by atoms with E-state index in [9.17, 15) is 4.79 Å². The molecule has 1 saturated carbocycles. The van der Waals surface area contributed by atoms with E-state index in [2.05, 4.69) is 10.3 Å². The quantitative estimate of drug-likeness (QED) is 0.733. The summed E-state index contributed by atoms with van der Waals surface area (Å²) in [5.41, 5.74) is 1.30. The summed E-state index contributed by atoms with van der Waals surface area (Å²) in [5.74, 6) is 0.967. The maximum absolute atomic E-state index is 13.2. The zero-order valence-corrected chi connectivity index (χ0v) is 14.2. The second-order valence-electron chi connectivity index (χ2n) is 6.97. The number of pyridine rings is 1. The number of carbonyl (C=O) groups excluding carboxylic acids is 1. The zero-order chi connectivity index (χ0) is 17.1. The molecule has 2 heterocycles. The summed E-state index contributed by atoms with van der Waals surface area (Å²) in [5, 5.41) is 4.15. The first kappa shape index (κ1) is 15.9. The van der Waals surface area contributed by atoms with Gasteiger partial charge >= 0.3 is 0 Å². The molecule has 1 amide bonds. The minimum absolute atomic E-state index is 0.0840. The first-order valence-electron chi connectivity index (χ1n) is 8.94. The molecule has 0 atom stereocenters. The molecule has 3 aromatic rings. The van der Waals surface area contributed by atoms with Gasteiger partial charge in [-0.25, -0.2) is 0 Å². The van der Waals surface area contributed by atoms with Gasteiger partial charge < -0.3 is 9.73 Å². The number of carbonyl (C=O) groups is 1. The number of hydrogen-bond donors (Lipinski definition) is 1. The van der Waals surface area contributed by atoms with E-state index in [1.807, 2.05) is 42.5 Å². The maximum atomic E-state index is 13.2. The Kier molecular flexibility index (Phi) is 4.26. The fraction of sp³-hybridized carbons (Fsp3) is 0.333. The third-order valence-corrected chi connectivity index (χ3v) is 5.23. The first-order chi connectivity index (χ1) is 12.3. The highest BCUT2D eigenvalue weighted by Gasteiger charge is 2.40. The van der Waals surface area contributed by atoms with Gasteiger partial charge in [0.1, 0.15) is 5.76 Å². The molecule has 0 aliphatic heterocycles. The Morgan fingerprint density at radius 2 is 1.96 bits per heavy atom. The predicted octanol–water partition coefficient (Wildman–Crippen LogP) is 4.96. The Morgan fingerprint density at radius 1 is 1.12 bits per heavy atom. The molecular formula is C21H22N2O2. The van der Waals surface area contributed by atoms with Crippen LogP contribution in [0, 0.1) is 5.41 Å². The fourth-order valence-electron chi connectivity index (χ4n) is 3.86. The van der Waals surface area contributed by atoms with E-state index in [4.69, 9.17) is 4.42 Å². The lowest BCUT2D eigenvalue weighted by Crippen LogP contribution is -2.39. The Labute approximate surface area is 147 Å². The molecule has 4 rings (SSSR count). The predicted molar refractivity (Wildman–Crippen MR) is 98.3 cm³/mol. The molecule has 128 valence electrons. The Balaban J connectivity index is 1.59. The number of nitrogens with zero attached hydrogens (tertiary/aromatic N) is 1. The lowest BCUT2D eigenvalue weighted by molar-refractivity contribution is -0.127. The van der Waals surface area contributed by atoms with Crippen molar-refractivity contribution in [3.63, 3.8) is 0 Å². The molecule has 2 aromatic heterocycles. The lowest BCUT2D eigenvalue weighted by Gasteiger charge is -2.35. The van der Waals surface area contributed by atoms with Gasteiger partial charge in [0.15, 0.2) is 0 Å². The smallest absolute Gasteiger partial charge is 0.231 e. The number of fused-ring (bicyclic) bond motifs is 1. The molecular weight excluding hydrogens is 312 g/mol. The number of furan rings is 1. The molecule has 0 unspecified atom stereocenters. The number of benzene rings is 1. The molecule has 1 aliphatic carbocycles. The number of anilines is 1. The van der Waals surface area contributed by atoms with Crippen molar-refractivity contribution >= 4 is 22.5 Å². The van der Waals surface area contributed by atoms with Crippen molar-refractivity contribution in [3.8, 4) is 0 Å². The molecule has 1 fully saturated rings. The molecule has 4 nitrogen and oxygen atoms in total. The van der Waals surface area contributed by atoms with Crippen LogP contribution < -0.4 is 5.32 Å². The van der Waals surface area contributed by atoms with E-state index in [0.29, 0.717) is 6.42 Å². The van der Waals surface area contributed by atoms with Crippen molar-refractivity contribution in [2.45, 2.75) is 38.5 Å². The Bertz CT molecular complexity index is 864. The normalized spacial score (nSPS) is 16.6. The van der Waals surface area contributed by atoms with Crippen LogP contribution in [0.4, 0.5) is 5.69 Å². The average molecular weight is 334 g/mol. The van der Waals surface area contributed by atoms with Crippen molar-refractivity contribution in [2.75, 3.05) is 5.32 Å². The van der Waals surface area contributed by atoms with Gasteiger partial charge in [-0.3, -0.25) is 9.78 Å². The van der Waals surface area contributed by atoms with Crippen LogP contribution in [0.15, 0.2) is 59.3 Å². The van der Waals surface area contributed by atoms with Gasteiger partial charge in [0, 0.05) is 11.8 Å². The summed E-state index contributed by atoms with van der Waals surface area (Å²) in [4.78, 5) is 17.6. The summed E-state index contributed by atoms with van der Waals surface area (Å²) in [6.45, 7) is 0. The van der Waals surface area contributed by atoms with Crippen molar-refractivity contribution in [2.24, 2.45) is 5.41 Å². The highest BCUT2D eigenvalue weighted by atomic mass is 16.3. The summed E-state index contributed by atoms with van der Waals surface area (Å²) >= 11 is 0. The van der Waals surface area contributed by atoms with Crippen LogP contribution in [0.5, 0.6) is 0 Å². The molecule has 0 spiro atoms. The molecule has 1 N–H and O–H groups in total. The van der Waals surface area contributed by atoms with Crippen LogP contribution >= 0.6 is 0 Å². The second kappa shape index (κ2) is 6.71. The van der Waals surface area contributed by atoms with Gasteiger partial charge in [0.05, 0.1) is 29.1 Å². The highest BCUT2D eigenvalue weighted by molar-refractivity contribution is 5.97. The van der Waals surface area contributed by atoms with Crippen LogP contribution in [0.1, 0.15) is 37.9 Å². The largest absolute Gasteiger partial charge is 0.469 e. The standard InChI is InChI=1S/C21H22N2O2/c24-20(23-17-13-16-7-2-3-9-19(16)22-15-17)21(10-4-1-5-11-21)14-18-8-6-12-25-18/h2-3,6-9,12-13,15H,1,4-5,10-11,14H2,(H,23,24). The van der Waals surface area contributed by atoms with E-state index in [1.165, 1.54) is 6.42 Å². The second-order valence-corrected chi connectivity index (χ2v) is 6.97. The minimum Gasteiger partial charge on any atom is -0.469 e. The third kappa shape index (κ3) is 3.29. The van der Waals surface area contributed by atoms with Crippen molar-refractivity contribution in [3.05, 3.63) is 60.7 Å². The summed E-state index contributed by atoms with van der Waals surface area (Å²) in [6, 6.07) is 13.8. The maximum Gasteiger partial charge on any atom is 0.231 e. The topological polar surface area (TPSA) is 55.1 Å². The van der Waals surface area contributed by atoms with Gasteiger partial charge in [-0.15, -0.1) is 0 Å². The Morgan fingerprint density at radius 3 is 2.76 bits per heavy atom. The van der Waals surface area contributed by atoms with Gasteiger partial charge in [-0.05, 0) is 37.1 Å². The van der Waals surface area contributed by atoms with E-state index in [-0.39, 0.29) is 11.3 Å². The number of rotatable bonds is 4. The SMILES string of the molecule is O=C(Nc1cnc2ccccc2c1)C1(Cc2ccco2)CCCCC1. The fourth-order valence-corrected chi connectivity index (χ4v) is 3.86. The monoisotopic (exact) mass is 334 g/mol. The van der Waals surface area contributed by atoms with Gasteiger partial charge in [0.2, 0.25) is 5.91 Å². The average Bonchev–Trinajstić information content (AvgIpc) is 3.15. The van der Waals surface area contributed by atoms with Crippen molar-refractivity contribution in [1.29, 1.82) is 0 Å². The van der Waals surface area contributed by atoms with Crippen LogP contribution in [-0.4, -0.2) is 10.9 Å². The highest BCUT2D eigenvalue weighted by Crippen LogP contribution is 2.40. The van der Waals surface area contributed by atoms with Gasteiger partial charge in [0.25, 0.3) is 0 Å². The first-order valence-corrected chi connectivity index (χ1v) is 8.94.